The van der Waals surface area contributed by atoms with E-state index in [1.807, 2.05) is 18.7 Å². The van der Waals surface area contributed by atoms with Gasteiger partial charge in [-0.25, -0.2) is 0 Å². The number of nitrogens with zero attached hydrogens (tertiary/aromatic N) is 3. The number of aromatic nitrogens is 3. The molecule has 1 aliphatic rings. The Morgan fingerprint density at radius 1 is 1.48 bits per heavy atom. The first-order valence-corrected chi connectivity index (χ1v) is 8.06. The Labute approximate surface area is 131 Å². The van der Waals surface area contributed by atoms with Crippen molar-refractivity contribution in [3.05, 3.63) is 40.4 Å². The highest BCUT2D eigenvalue weighted by Crippen LogP contribution is 2.40. The molecule has 4 nitrogen and oxygen atoms in total. The van der Waals surface area contributed by atoms with E-state index in [4.69, 9.17) is 11.6 Å². The van der Waals surface area contributed by atoms with Crippen LogP contribution in [-0.4, -0.2) is 21.4 Å². The predicted molar refractivity (Wildman–Crippen MR) is 85.7 cm³/mol. The highest BCUT2D eigenvalue weighted by Gasteiger charge is 2.31. The molecule has 1 N–H and O–H groups in total. The van der Waals surface area contributed by atoms with Gasteiger partial charge in [0.25, 0.3) is 0 Å². The minimum absolute atomic E-state index is 0.486. The topological polar surface area (TPSA) is 34.8 Å². The van der Waals surface area contributed by atoms with Gasteiger partial charge in [0.2, 0.25) is 0 Å². The fraction of sp³-hybridized carbons (Fsp3) is 0.562. The highest BCUT2D eigenvalue weighted by atomic mass is 35.5. The van der Waals surface area contributed by atoms with Gasteiger partial charge in [0.15, 0.2) is 0 Å². The molecular formula is C16H23ClN4. The zero-order chi connectivity index (χ0) is 15.0. The Kier molecular flexibility index (Phi) is 4.09. The Bertz CT molecular complexity index is 624. The molecule has 2 heterocycles. The molecule has 0 aromatic carbocycles. The fourth-order valence-electron chi connectivity index (χ4n) is 3.04. The third-order valence-corrected chi connectivity index (χ3v) is 4.81. The van der Waals surface area contributed by atoms with E-state index in [-0.39, 0.29) is 0 Å². The van der Waals surface area contributed by atoms with Gasteiger partial charge in [0, 0.05) is 25.0 Å². The molecule has 0 radical (unpaired) electrons. The van der Waals surface area contributed by atoms with Crippen molar-refractivity contribution in [3.63, 3.8) is 0 Å². The molecule has 2 aromatic heterocycles. The maximum absolute atomic E-state index is 6.39. The molecule has 21 heavy (non-hydrogen) atoms. The van der Waals surface area contributed by atoms with Crippen LogP contribution in [0.5, 0.6) is 0 Å². The van der Waals surface area contributed by atoms with Gasteiger partial charge in [-0.1, -0.05) is 11.6 Å². The van der Waals surface area contributed by atoms with E-state index >= 15 is 0 Å². The SMILES string of the molecule is CCn1nc(C)c(Cl)c1Cn1ccc(C(NC)C2CC2)c1. The molecule has 5 heteroatoms. The van der Waals surface area contributed by atoms with Crippen LogP contribution < -0.4 is 5.32 Å². The van der Waals surface area contributed by atoms with Crippen LogP contribution in [0.4, 0.5) is 0 Å². The van der Waals surface area contributed by atoms with Gasteiger partial charge in [0.05, 0.1) is 23.0 Å². The minimum Gasteiger partial charge on any atom is -0.348 e. The van der Waals surface area contributed by atoms with Crippen molar-refractivity contribution >= 4 is 11.6 Å². The van der Waals surface area contributed by atoms with Crippen LogP contribution in [0.3, 0.4) is 0 Å². The van der Waals surface area contributed by atoms with Crippen molar-refractivity contribution in [1.82, 2.24) is 19.7 Å². The minimum atomic E-state index is 0.486. The van der Waals surface area contributed by atoms with Gasteiger partial charge in [-0.15, -0.1) is 0 Å². The summed E-state index contributed by atoms with van der Waals surface area (Å²) in [6.07, 6.45) is 7.05. The standard InChI is InChI=1S/C16H23ClN4/c1-4-21-14(15(17)11(2)19-21)10-20-8-7-13(9-20)16(18-3)12-5-6-12/h7-9,12,16,18H,4-6,10H2,1-3H3. The lowest BCUT2D eigenvalue weighted by molar-refractivity contribution is 0.527. The van der Waals surface area contributed by atoms with E-state index in [1.54, 1.807) is 0 Å². The molecule has 3 rings (SSSR count). The van der Waals surface area contributed by atoms with Crippen molar-refractivity contribution in [2.75, 3.05) is 7.05 Å². The second-order valence-corrected chi connectivity index (χ2v) is 6.26. The summed E-state index contributed by atoms with van der Waals surface area (Å²) in [6.45, 7) is 5.67. The van der Waals surface area contributed by atoms with Crippen LogP contribution in [0, 0.1) is 12.8 Å². The van der Waals surface area contributed by atoms with Crippen LogP contribution in [-0.2, 0) is 13.1 Å². The number of hydrogen-bond donors (Lipinski definition) is 1. The van der Waals surface area contributed by atoms with Crippen molar-refractivity contribution in [2.45, 2.75) is 45.8 Å². The summed E-state index contributed by atoms with van der Waals surface area (Å²) in [5.74, 6) is 0.804. The summed E-state index contributed by atoms with van der Waals surface area (Å²) in [5.41, 5.74) is 3.37. The van der Waals surface area contributed by atoms with Gasteiger partial charge in [-0.2, -0.15) is 5.10 Å². The Hall–Kier alpha value is -1.26. The number of rotatable bonds is 6. The fourth-order valence-corrected chi connectivity index (χ4v) is 3.23. The highest BCUT2D eigenvalue weighted by molar-refractivity contribution is 6.31. The van der Waals surface area contributed by atoms with E-state index < -0.39 is 0 Å². The number of aryl methyl sites for hydroxylation is 2. The molecule has 0 bridgehead atoms. The molecule has 1 saturated carbocycles. The predicted octanol–water partition coefficient (Wildman–Crippen LogP) is 3.39. The van der Waals surface area contributed by atoms with Crippen LogP contribution in [0.1, 0.15) is 42.8 Å². The second-order valence-electron chi connectivity index (χ2n) is 5.88. The molecule has 0 saturated heterocycles. The van der Waals surface area contributed by atoms with Gasteiger partial charge >= 0.3 is 0 Å². The van der Waals surface area contributed by atoms with Crippen molar-refractivity contribution in [2.24, 2.45) is 5.92 Å². The zero-order valence-electron chi connectivity index (χ0n) is 12.9. The van der Waals surface area contributed by atoms with E-state index in [0.29, 0.717) is 6.04 Å². The first kappa shape index (κ1) is 14.7. The van der Waals surface area contributed by atoms with Gasteiger partial charge in [0.1, 0.15) is 0 Å². The van der Waals surface area contributed by atoms with E-state index in [2.05, 4.69) is 40.4 Å². The van der Waals surface area contributed by atoms with Crippen molar-refractivity contribution in [3.8, 4) is 0 Å². The second kappa shape index (κ2) is 5.85. The Balaban J connectivity index is 1.81. The summed E-state index contributed by atoms with van der Waals surface area (Å²) < 4.78 is 4.20. The van der Waals surface area contributed by atoms with E-state index in [1.165, 1.54) is 18.4 Å². The van der Waals surface area contributed by atoms with Gasteiger partial charge in [-0.3, -0.25) is 4.68 Å². The lowest BCUT2D eigenvalue weighted by atomic mass is 10.1. The van der Waals surface area contributed by atoms with E-state index in [0.717, 1.165) is 35.4 Å². The van der Waals surface area contributed by atoms with E-state index in [9.17, 15) is 0 Å². The lowest BCUT2D eigenvalue weighted by Gasteiger charge is -2.13. The molecule has 2 aromatic rings. The quantitative estimate of drug-likeness (QED) is 0.888. The first-order valence-electron chi connectivity index (χ1n) is 7.68. The molecule has 0 spiro atoms. The van der Waals surface area contributed by atoms with Gasteiger partial charge in [-0.05, 0) is 51.3 Å². The summed E-state index contributed by atoms with van der Waals surface area (Å²) in [6, 6.07) is 2.70. The van der Waals surface area contributed by atoms with Crippen molar-refractivity contribution in [1.29, 1.82) is 0 Å². The van der Waals surface area contributed by atoms with Crippen molar-refractivity contribution < 1.29 is 0 Å². The van der Waals surface area contributed by atoms with Crippen LogP contribution >= 0.6 is 11.6 Å². The Morgan fingerprint density at radius 2 is 2.24 bits per heavy atom. The third-order valence-electron chi connectivity index (χ3n) is 4.32. The first-order chi connectivity index (χ1) is 10.1. The molecular weight excluding hydrogens is 284 g/mol. The summed E-state index contributed by atoms with van der Waals surface area (Å²) in [5, 5.41) is 8.71. The van der Waals surface area contributed by atoms with Gasteiger partial charge < -0.3 is 9.88 Å². The van der Waals surface area contributed by atoms with Crippen LogP contribution in [0.15, 0.2) is 18.5 Å². The number of nitrogens with one attached hydrogen (secondary N) is 1. The summed E-state index contributed by atoms with van der Waals surface area (Å²) in [4.78, 5) is 0. The Morgan fingerprint density at radius 3 is 2.86 bits per heavy atom. The molecule has 0 amide bonds. The van der Waals surface area contributed by atoms with Crippen LogP contribution in [0.2, 0.25) is 5.02 Å². The average Bonchev–Trinajstić information content (AvgIpc) is 3.15. The maximum Gasteiger partial charge on any atom is 0.0865 e. The third kappa shape index (κ3) is 2.87. The normalized spacial score (nSPS) is 16.4. The maximum atomic E-state index is 6.39. The summed E-state index contributed by atoms with van der Waals surface area (Å²) in [7, 11) is 2.05. The number of hydrogen-bond acceptors (Lipinski definition) is 2. The molecule has 114 valence electrons. The number of halogens is 1. The zero-order valence-corrected chi connectivity index (χ0v) is 13.7. The lowest BCUT2D eigenvalue weighted by Crippen LogP contribution is -2.17. The molecule has 1 atom stereocenters. The monoisotopic (exact) mass is 306 g/mol. The smallest absolute Gasteiger partial charge is 0.0865 e. The summed E-state index contributed by atoms with van der Waals surface area (Å²) >= 11 is 6.39. The largest absolute Gasteiger partial charge is 0.348 e. The molecule has 1 aliphatic carbocycles. The molecule has 1 unspecified atom stereocenters. The molecule has 0 aliphatic heterocycles. The average molecular weight is 307 g/mol. The van der Waals surface area contributed by atoms with Crippen LogP contribution in [0.25, 0.3) is 0 Å². The molecule has 1 fully saturated rings.